The Morgan fingerprint density at radius 1 is 1.17 bits per heavy atom. The Bertz CT molecular complexity index is 1110. The molecule has 8 nitrogen and oxygen atoms in total. The molecule has 2 aliphatic carbocycles. The third-order valence-corrected chi connectivity index (χ3v) is 8.81. The number of aromatic nitrogens is 1. The number of nitrogens with one attached hydrogen (secondary N) is 1. The fraction of sp³-hybridized carbons (Fsp3) is 0.640. The van der Waals surface area contributed by atoms with Gasteiger partial charge < -0.3 is 14.3 Å². The van der Waals surface area contributed by atoms with Crippen LogP contribution in [0.15, 0.2) is 16.7 Å². The number of nitrogens with zero attached hydrogens (tertiary/aromatic N) is 3. The number of amides is 1. The van der Waals surface area contributed by atoms with Crippen LogP contribution in [0.4, 0.5) is 10.2 Å². The number of piperazine rings is 1. The zero-order chi connectivity index (χ0) is 25.3. The lowest BCUT2D eigenvalue weighted by molar-refractivity contribution is -0.164. The molecule has 1 N–H and O–H groups in total. The van der Waals surface area contributed by atoms with E-state index in [0.29, 0.717) is 30.2 Å². The van der Waals surface area contributed by atoms with Gasteiger partial charge in [0.05, 0.1) is 10.4 Å². The molecular weight excluding hydrogens is 510 g/mol. The number of rotatable bonds is 6. The number of anilines is 1. The predicted molar refractivity (Wildman–Crippen MR) is 134 cm³/mol. The van der Waals surface area contributed by atoms with E-state index in [1.165, 1.54) is 6.07 Å². The zero-order valence-corrected chi connectivity index (χ0v) is 21.6. The Morgan fingerprint density at radius 2 is 1.89 bits per heavy atom. The SMILES string of the molecule is O=C(NOC(=O)C1(Cl)CCC1)C1CCC(CCN2CCN(c3noc4cc(F)c(Cl)cc34)CC2)CC1. The molecule has 1 saturated heterocycles. The van der Waals surface area contributed by atoms with Gasteiger partial charge in [-0.05, 0) is 69.9 Å². The summed E-state index contributed by atoms with van der Waals surface area (Å²) in [7, 11) is 0. The smallest absolute Gasteiger partial charge is 0.352 e. The van der Waals surface area contributed by atoms with Crippen molar-refractivity contribution in [3.63, 3.8) is 0 Å². The first-order valence-corrected chi connectivity index (χ1v) is 13.5. The summed E-state index contributed by atoms with van der Waals surface area (Å²) >= 11 is 12.1. The third-order valence-electron chi connectivity index (χ3n) is 7.99. The van der Waals surface area contributed by atoms with Crippen LogP contribution < -0.4 is 10.4 Å². The number of alkyl halides is 1. The number of halogens is 3. The number of hydrogen-bond donors (Lipinski definition) is 1. The second-order valence-corrected chi connectivity index (χ2v) is 11.4. The summed E-state index contributed by atoms with van der Waals surface area (Å²) in [5.74, 6) is -0.101. The van der Waals surface area contributed by atoms with E-state index < -0.39 is 16.7 Å². The maximum atomic E-state index is 13.7. The van der Waals surface area contributed by atoms with Crippen molar-refractivity contribution in [3.05, 3.63) is 23.0 Å². The van der Waals surface area contributed by atoms with Crippen molar-refractivity contribution in [2.75, 3.05) is 37.6 Å². The average molecular weight is 541 g/mol. The lowest BCUT2D eigenvalue weighted by Crippen LogP contribution is -2.47. The molecule has 1 aromatic heterocycles. The van der Waals surface area contributed by atoms with Crippen LogP contribution in [0.5, 0.6) is 0 Å². The minimum atomic E-state index is -0.952. The van der Waals surface area contributed by atoms with Crippen LogP contribution in [-0.4, -0.2) is 59.5 Å². The lowest BCUT2D eigenvalue weighted by atomic mass is 9.80. The molecule has 2 heterocycles. The molecule has 3 fully saturated rings. The van der Waals surface area contributed by atoms with Crippen LogP contribution in [0, 0.1) is 17.7 Å². The van der Waals surface area contributed by atoms with Crippen LogP contribution >= 0.6 is 23.2 Å². The van der Waals surface area contributed by atoms with Crippen LogP contribution in [0.3, 0.4) is 0 Å². The molecule has 1 aromatic carbocycles. The minimum absolute atomic E-state index is 0.0659. The number of carbonyl (C=O) groups excluding carboxylic acids is 2. The largest absolute Gasteiger partial charge is 0.354 e. The molecule has 196 valence electrons. The summed E-state index contributed by atoms with van der Waals surface area (Å²) in [5.41, 5.74) is 2.74. The van der Waals surface area contributed by atoms with Gasteiger partial charge >= 0.3 is 5.97 Å². The van der Waals surface area contributed by atoms with Crippen molar-refractivity contribution in [1.29, 1.82) is 0 Å². The summed E-state index contributed by atoms with van der Waals surface area (Å²) in [5, 5.41) is 4.95. The summed E-state index contributed by atoms with van der Waals surface area (Å²) in [6.07, 6.45) is 6.78. The lowest BCUT2D eigenvalue weighted by Gasteiger charge is -2.36. The number of fused-ring (bicyclic) bond motifs is 1. The van der Waals surface area contributed by atoms with Gasteiger partial charge in [0.2, 0.25) is 0 Å². The first kappa shape index (κ1) is 25.5. The third kappa shape index (κ3) is 5.43. The Labute approximate surface area is 219 Å². The van der Waals surface area contributed by atoms with Crippen LogP contribution in [0.25, 0.3) is 11.0 Å². The van der Waals surface area contributed by atoms with Crippen molar-refractivity contribution in [1.82, 2.24) is 15.5 Å². The highest BCUT2D eigenvalue weighted by atomic mass is 35.5. The number of benzene rings is 1. The van der Waals surface area contributed by atoms with Gasteiger partial charge in [-0.2, -0.15) is 5.48 Å². The normalized spacial score (nSPS) is 24.4. The van der Waals surface area contributed by atoms with Crippen LogP contribution in [0.2, 0.25) is 5.02 Å². The highest BCUT2D eigenvalue weighted by Crippen LogP contribution is 2.39. The first-order chi connectivity index (χ1) is 17.3. The van der Waals surface area contributed by atoms with E-state index in [2.05, 4.69) is 20.4 Å². The van der Waals surface area contributed by atoms with E-state index in [1.807, 2.05) is 0 Å². The fourth-order valence-corrected chi connectivity index (χ4v) is 5.84. The standard InChI is InChI=1S/C25H31Cl2FN4O4/c26-19-14-18-21(15-20(19)28)35-29-22(18)32-12-10-31(11-13-32)9-6-16-2-4-17(5-3-16)23(33)30-36-24(34)25(27)7-1-8-25/h14-17H,1-13H2,(H,30,33). The van der Waals surface area contributed by atoms with Crippen molar-refractivity contribution in [3.8, 4) is 0 Å². The maximum absolute atomic E-state index is 13.7. The molecule has 0 bridgehead atoms. The van der Waals surface area contributed by atoms with Gasteiger partial charge in [0.15, 0.2) is 11.4 Å². The van der Waals surface area contributed by atoms with Gasteiger partial charge in [-0.3, -0.25) is 9.69 Å². The van der Waals surface area contributed by atoms with E-state index in [0.717, 1.165) is 76.6 Å². The van der Waals surface area contributed by atoms with E-state index >= 15 is 0 Å². The van der Waals surface area contributed by atoms with Crippen LogP contribution in [0.1, 0.15) is 51.4 Å². The summed E-state index contributed by atoms with van der Waals surface area (Å²) in [6, 6.07) is 2.85. The zero-order valence-electron chi connectivity index (χ0n) is 20.1. The average Bonchev–Trinajstić information content (AvgIpc) is 3.27. The van der Waals surface area contributed by atoms with Gasteiger partial charge in [0.1, 0.15) is 10.7 Å². The van der Waals surface area contributed by atoms with Gasteiger partial charge in [-0.15, -0.1) is 11.6 Å². The molecule has 36 heavy (non-hydrogen) atoms. The molecule has 3 aliphatic rings. The number of carbonyl (C=O) groups is 2. The van der Waals surface area contributed by atoms with Crippen molar-refractivity contribution in [2.45, 2.75) is 56.2 Å². The highest BCUT2D eigenvalue weighted by Gasteiger charge is 2.44. The molecule has 5 rings (SSSR count). The summed E-state index contributed by atoms with van der Waals surface area (Å²) in [4.78, 5) is 33.0. The first-order valence-electron chi connectivity index (χ1n) is 12.7. The molecule has 0 spiro atoms. The van der Waals surface area contributed by atoms with Crippen LogP contribution in [-0.2, 0) is 14.4 Å². The van der Waals surface area contributed by atoms with E-state index in [-0.39, 0.29) is 16.8 Å². The fourth-order valence-electron chi connectivity index (χ4n) is 5.37. The molecule has 1 aliphatic heterocycles. The molecule has 2 aromatic rings. The predicted octanol–water partition coefficient (Wildman–Crippen LogP) is 4.67. The van der Waals surface area contributed by atoms with Crippen molar-refractivity contribution in [2.24, 2.45) is 11.8 Å². The van der Waals surface area contributed by atoms with E-state index in [9.17, 15) is 14.0 Å². The quantitative estimate of drug-likeness (QED) is 0.420. The van der Waals surface area contributed by atoms with Gasteiger partial charge in [-0.1, -0.05) is 16.8 Å². The summed E-state index contributed by atoms with van der Waals surface area (Å²) in [6.45, 7) is 4.46. The van der Waals surface area contributed by atoms with E-state index in [1.54, 1.807) is 6.07 Å². The molecule has 1 amide bonds. The number of hydroxylamine groups is 1. The Hall–Kier alpha value is -2.10. The Morgan fingerprint density at radius 3 is 2.56 bits per heavy atom. The van der Waals surface area contributed by atoms with Gasteiger partial charge in [0, 0.05) is 38.2 Å². The molecule has 0 unspecified atom stereocenters. The number of hydrogen-bond acceptors (Lipinski definition) is 7. The second kappa shape index (κ2) is 10.7. The maximum Gasteiger partial charge on any atom is 0.352 e. The topological polar surface area (TPSA) is 87.9 Å². The van der Waals surface area contributed by atoms with E-state index in [4.69, 9.17) is 32.6 Å². The van der Waals surface area contributed by atoms with Crippen molar-refractivity contribution < 1.29 is 23.3 Å². The summed E-state index contributed by atoms with van der Waals surface area (Å²) < 4.78 is 19.0. The molecule has 0 atom stereocenters. The molecule has 2 saturated carbocycles. The molecule has 11 heteroatoms. The van der Waals surface area contributed by atoms with Crippen molar-refractivity contribution >= 4 is 51.9 Å². The molecular formula is C25H31Cl2FN4O4. The van der Waals surface area contributed by atoms with Gasteiger partial charge in [-0.25, -0.2) is 9.18 Å². The minimum Gasteiger partial charge on any atom is -0.354 e. The van der Waals surface area contributed by atoms with Gasteiger partial charge in [0.25, 0.3) is 5.91 Å². The Balaban J connectivity index is 1.01. The monoisotopic (exact) mass is 540 g/mol. The second-order valence-electron chi connectivity index (χ2n) is 10.3. The molecule has 0 radical (unpaired) electrons. The highest BCUT2D eigenvalue weighted by molar-refractivity contribution is 6.34. The Kier molecular flexibility index (Phi) is 7.60.